The highest BCUT2D eigenvalue weighted by molar-refractivity contribution is 7.89. The van der Waals surface area contributed by atoms with Crippen molar-refractivity contribution in [2.45, 2.75) is 30.5 Å². The molecular formula is C19H18ClF3N4O3S. The van der Waals surface area contributed by atoms with Crippen LogP contribution in [0.2, 0.25) is 5.02 Å². The summed E-state index contributed by atoms with van der Waals surface area (Å²) in [7, 11) is -4.26. The number of amides is 1. The highest BCUT2D eigenvalue weighted by atomic mass is 35.5. The summed E-state index contributed by atoms with van der Waals surface area (Å²) in [5, 5.41) is 2.08. The lowest BCUT2D eigenvalue weighted by Gasteiger charge is -2.13. The van der Waals surface area contributed by atoms with Crippen LogP contribution in [0.4, 0.5) is 13.2 Å². The zero-order chi connectivity index (χ0) is 22.8. The average molecular weight is 475 g/mol. The molecule has 166 valence electrons. The second kappa shape index (κ2) is 8.85. The van der Waals surface area contributed by atoms with Crippen molar-refractivity contribution in [2.75, 3.05) is 6.54 Å². The van der Waals surface area contributed by atoms with Gasteiger partial charge in [-0.15, -0.1) is 0 Å². The number of para-hydroxylation sites is 2. The summed E-state index contributed by atoms with van der Waals surface area (Å²) in [6.45, 7) is 1.41. The topological polar surface area (TPSA) is 104 Å². The lowest BCUT2D eigenvalue weighted by atomic mass is 10.2. The second-order valence-corrected chi connectivity index (χ2v) is 8.89. The first kappa shape index (κ1) is 23.0. The molecule has 3 N–H and O–H groups in total. The Balaban J connectivity index is 1.58. The Bertz CT molecular complexity index is 1180. The zero-order valence-electron chi connectivity index (χ0n) is 16.1. The Labute approximate surface area is 181 Å². The number of nitrogens with one attached hydrogen (secondary N) is 3. The number of sulfonamides is 1. The van der Waals surface area contributed by atoms with Gasteiger partial charge in [-0.05, 0) is 37.3 Å². The number of halogens is 4. The molecule has 0 aliphatic rings. The first-order valence-electron chi connectivity index (χ1n) is 9.08. The van der Waals surface area contributed by atoms with E-state index in [2.05, 4.69) is 20.0 Å². The lowest BCUT2D eigenvalue weighted by Crippen LogP contribution is -2.32. The highest BCUT2D eigenvalue weighted by Gasteiger charge is 2.34. The van der Waals surface area contributed by atoms with E-state index in [0.717, 1.165) is 23.2 Å². The fraction of sp³-hybridized carbons (Fsp3) is 0.263. The monoisotopic (exact) mass is 474 g/mol. The molecule has 0 aliphatic carbocycles. The molecule has 0 saturated carbocycles. The molecule has 0 radical (unpaired) electrons. The van der Waals surface area contributed by atoms with Gasteiger partial charge in [-0.25, -0.2) is 18.1 Å². The van der Waals surface area contributed by atoms with E-state index in [9.17, 15) is 26.4 Å². The molecule has 2 aromatic carbocycles. The minimum Gasteiger partial charge on any atom is -0.346 e. The number of carbonyl (C=O) groups excluding carboxylic acids is 1. The van der Waals surface area contributed by atoms with Crippen molar-refractivity contribution in [1.29, 1.82) is 0 Å². The quantitative estimate of drug-likeness (QED) is 0.484. The molecule has 31 heavy (non-hydrogen) atoms. The summed E-state index contributed by atoms with van der Waals surface area (Å²) >= 11 is 5.51. The van der Waals surface area contributed by atoms with Crippen LogP contribution in [0, 0.1) is 0 Å². The second-order valence-electron chi connectivity index (χ2n) is 6.72. The van der Waals surface area contributed by atoms with Gasteiger partial charge in [-0.2, -0.15) is 13.2 Å². The minimum atomic E-state index is -4.80. The first-order chi connectivity index (χ1) is 14.5. The van der Waals surface area contributed by atoms with Crippen LogP contribution in [-0.2, 0) is 21.0 Å². The molecule has 1 amide bonds. The maximum Gasteiger partial charge on any atom is 0.417 e. The Morgan fingerprint density at radius 1 is 1.23 bits per heavy atom. The Hall–Kier alpha value is -2.63. The molecule has 0 bridgehead atoms. The first-order valence-corrected chi connectivity index (χ1v) is 10.9. The SMILES string of the molecule is CC(NC(=O)CCNS(=O)(=O)c1ccc(Cl)c(C(F)(F)F)c1)c1nc2ccccc2[nH]1. The third-order valence-electron chi connectivity index (χ3n) is 4.39. The summed E-state index contributed by atoms with van der Waals surface area (Å²) in [5.41, 5.74) is 0.301. The van der Waals surface area contributed by atoms with Crippen molar-refractivity contribution in [3.8, 4) is 0 Å². The van der Waals surface area contributed by atoms with Crippen molar-refractivity contribution in [3.05, 3.63) is 58.9 Å². The number of aromatic nitrogens is 2. The number of rotatable bonds is 7. The van der Waals surface area contributed by atoms with Gasteiger partial charge in [0.15, 0.2) is 0 Å². The fourth-order valence-corrected chi connectivity index (χ4v) is 4.11. The largest absolute Gasteiger partial charge is 0.417 e. The van der Waals surface area contributed by atoms with Gasteiger partial charge < -0.3 is 10.3 Å². The van der Waals surface area contributed by atoms with Gasteiger partial charge in [-0.1, -0.05) is 23.7 Å². The van der Waals surface area contributed by atoms with Crippen LogP contribution in [0.5, 0.6) is 0 Å². The Morgan fingerprint density at radius 2 is 1.94 bits per heavy atom. The van der Waals surface area contributed by atoms with Gasteiger partial charge in [0.2, 0.25) is 15.9 Å². The molecule has 3 rings (SSSR count). The molecule has 0 saturated heterocycles. The number of fused-ring (bicyclic) bond motifs is 1. The van der Waals surface area contributed by atoms with Crippen LogP contribution in [-0.4, -0.2) is 30.8 Å². The Morgan fingerprint density at radius 3 is 2.61 bits per heavy atom. The van der Waals surface area contributed by atoms with Gasteiger partial charge >= 0.3 is 6.18 Å². The van der Waals surface area contributed by atoms with E-state index in [1.54, 1.807) is 6.92 Å². The van der Waals surface area contributed by atoms with Gasteiger partial charge in [0.05, 0.1) is 32.6 Å². The molecule has 3 aromatic rings. The predicted molar refractivity (Wildman–Crippen MR) is 109 cm³/mol. The molecule has 1 heterocycles. The van der Waals surface area contributed by atoms with Crippen LogP contribution in [0.15, 0.2) is 47.4 Å². The molecule has 1 aromatic heterocycles. The van der Waals surface area contributed by atoms with E-state index in [4.69, 9.17) is 11.6 Å². The fourth-order valence-electron chi connectivity index (χ4n) is 2.83. The smallest absolute Gasteiger partial charge is 0.346 e. The number of aromatic amines is 1. The number of benzene rings is 2. The summed E-state index contributed by atoms with van der Waals surface area (Å²) in [6.07, 6.45) is -5.02. The number of imidazole rings is 1. The lowest BCUT2D eigenvalue weighted by molar-refractivity contribution is -0.137. The highest BCUT2D eigenvalue weighted by Crippen LogP contribution is 2.35. The number of carbonyl (C=O) groups is 1. The van der Waals surface area contributed by atoms with E-state index in [1.165, 1.54) is 0 Å². The molecule has 0 spiro atoms. The normalized spacial score (nSPS) is 13.3. The van der Waals surface area contributed by atoms with Crippen molar-refractivity contribution < 1.29 is 26.4 Å². The van der Waals surface area contributed by atoms with Crippen LogP contribution in [0.25, 0.3) is 11.0 Å². The van der Waals surface area contributed by atoms with Crippen LogP contribution in [0.1, 0.15) is 30.8 Å². The van der Waals surface area contributed by atoms with Gasteiger partial charge in [0, 0.05) is 13.0 Å². The van der Waals surface area contributed by atoms with Crippen LogP contribution >= 0.6 is 11.6 Å². The van der Waals surface area contributed by atoms with Crippen LogP contribution in [0.3, 0.4) is 0 Å². The number of H-pyrrole nitrogens is 1. The van der Waals surface area contributed by atoms with Crippen molar-refractivity contribution in [3.63, 3.8) is 0 Å². The van der Waals surface area contributed by atoms with Crippen molar-refractivity contribution in [1.82, 2.24) is 20.0 Å². The van der Waals surface area contributed by atoms with Gasteiger partial charge in [0.1, 0.15) is 5.82 Å². The van der Waals surface area contributed by atoms with Crippen LogP contribution < -0.4 is 10.0 Å². The molecule has 1 atom stereocenters. The summed E-state index contributed by atoms with van der Waals surface area (Å²) in [6, 6.07) is 9.16. The molecule has 7 nitrogen and oxygen atoms in total. The summed E-state index contributed by atoms with van der Waals surface area (Å²) < 4.78 is 65.5. The number of hydrogen-bond donors (Lipinski definition) is 3. The van der Waals surface area contributed by atoms with E-state index < -0.39 is 43.6 Å². The van der Waals surface area contributed by atoms with Gasteiger partial charge in [-0.3, -0.25) is 4.79 Å². The average Bonchev–Trinajstić information content (AvgIpc) is 3.11. The standard InChI is InChI=1S/C19H18ClF3N4O3S/c1-11(18-26-15-4-2-3-5-16(15)27-18)25-17(28)8-9-24-31(29,30)12-6-7-14(20)13(10-12)19(21,22)23/h2-7,10-11,24H,8-9H2,1H3,(H,25,28)(H,26,27). The minimum absolute atomic E-state index is 0.219. The zero-order valence-corrected chi connectivity index (χ0v) is 17.7. The molecule has 0 fully saturated rings. The molecule has 12 heteroatoms. The summed E-state index contributed by atoms with van der Waals surface area (Å²) in [5.74, 6) is 0.0821. The maximum atomic E-state index is 12.9. The van der Waals surface area contributed by atoms with Crippen molar-refractivity contribution >= 4 is 38.6 Å². The third-order valence-corrected chi connectivity index (χ3v) is 6.18. The molecule has 1 unspecified atom stereocenters. The third kappa shape index (κ3) is 5.54. The molecular weight excluding hydrogens is 457 g/mol. The van der Waals surface area contributed by atoms with E-state index in [1.807, 2.05) is 24.3 Å². The number of alkyl halides is 3. The Kier molecular flexibility index (Phi) is 6.58. The van der Waals surface area contributed by atoms with E-state index in [-0.39, 0.29) is 13.0 Å². The number of hydrogen-bond acceptors (Lipinski definition) is 4. The van der Waals surface area contributed by atoms with Gasteiger partial charge in [0.25, 0.3) is 0 Å². The van der Waals surface area contributed by atoms with Crippen molar-refractivity contribution in [2.24, 2.45) is 0 Å². The maximum absolute atomic E-state index is 12.9. The van der Waals surface area contributed by atoms with E-state index in [0.29, 0.717) is 11.9 Å². The predicted octanol–water partition coefficient (Wildman–Crippen LogP) is 3.78. The van der Waals surface area contributed by atoms with E-state index >= 15 is 0 Å². The number of nitrogens with zero attached hydrogens (tertiary/aromatic N) is 1. The molecule has 0 aliphatic heterocycles. The summed E-state index contributed by atoms with van der Waals surface area (Å²) in [4.78, 5) is 19.0.